The van der Waals surface area contributed by atoms with Gasteiger partial charge in [-0.2, -0.15) is 11.3 Å². The first-order valence-electron chi connectivity index (χ1n) is 8.27. The van der Waals surface area contributed by atoms with E-state index in [1.165, 1.54) is 5.56 Å². The Morgan fingerprint density at radius 2 is 2.33 bits per heavy atom. The molecule has 0 bridgehead atoms. The molecule has 3 atom stereocenters. The summed E-state index contributed by atoms with van der Waals surface area (Å²) in [6.07, 6.45) is 7.17. The largest absolute Gasteiger partial charge is 0.363 e. The normalized spacial score (nSPS) is 26.9. The summed E-state index contributed by atoms with van der Waals surface area (Å²) in [5, 5.41) is 7.11. The Balaban J connectivity index is 1.34. The van der Waals surface area contributed by atoms with Gasteiger partial charge in [0.05, 0.1) is 12.3 Å². The van der Waals surface area contributed by atoms with Gasteiger partial charge in [0.25, 0.3) is 5.91 Å². The monoisotopic (exact) mass is 344 g/mol. The van der Waals surface area contributed by atoms with Crippen molar-refractivity contribution in [2.24, 2.45) is 0 Å². The topological polar surface area (TPSA) is 67.4 Å². The maximum absolute atomic E-state index is 12.4. The zero-order valence-electron chi connectivity index (χ0n) is 13.3. The molecule has 4 heterocycles. The van der Waals surface area contributed by atoms with Crippen molar-refractivity contribution < 1.29 is 9.53 Å². The lowest BCUT2D eigenvalue weighted by atomic mass is 9.98. The molecule has 126 valence electrons. The minimum absolute atomic E-state index is 0.120. The third-order valence-corrected chi connectivity index (χ3v) is 5.47. The van der Waals surface area contributed by atoms with Gasteiger partial charge in [-0.15, -0.1) is 0 Å². The van der Waals surface area contributed by atoms with Crippen LogP contribution in [-0.4, -0.2) is 45.6 Å². The molecule has 2 aromatic rings. The van der Waals surface area contributed by atoms with Crippen LogP contribution in [0.3, 0.4) is 0 Å². The highest BCUT2D eigenvalue weighted by Crippen LogP contribution is 2.33. The summed E-state index contributed by atoms with van der Waals surface area (Å²) < 4.78 is 6.09. The van der Waals surface area contributed by atoms with E-state index in [1.54, 1.807) is 29.9 Å². The Morgan fingerprint density at radius 1 is 1.38 bits per heavy atom. The summed E-state index contributed by atoms with van der Waals surface area (Å²) >= 11 is 1.74. The van der Waals surface area contributed by atoms with E-state index in [-0.39, 0.29) is 12.0 Å². The summed E-state index contributed by atoms with van der Waals surface area (Å²) in [6, 6.07) is 2.60. The molecule has 7 heteroatoms. The van der Waals surface area contributed by atoms with Gasteiger partial charge < -0.3 is 10.1 Å². The van der Waals surface area contributed by atoms with Crippen molar-refractivity contribution in [3.63, 3.8) is 0 Å². The number of carbonyl (C=O) groups is 1. The van der Waals surface area contributed by atoms with Crippen LogP contribution in [0.15, 0.2) is 35.4 Å². The van der Waals surface area contributed by atoms with Gasteiger partial charge in [0.15, 0.2) is 5.82 Å². The number of thiophene rings is 1. The lowest BCUT2D eigenvalue weighted by Gasteiger charge is -2.35. The summed E-state index contributed by atoms with van der Waals surface area (Å²) in [7, 11) is 0. The van der Waals surface area contributed by atoms with E-state index >= 15 is 0 Å². The maximum atomic E-state index is 12.4. The van der Waals surface area contributed by atoms with Gasteiger partial charge in [-0.3, -0.25) is 14.7 Å². The Bertz CT molecular complexity index is 679. The van der Waals surface area contributed by atoms with Gasteiger partial charge in [0.2, 0.25) is 0 Å². The van der Waals surface area contributed by atoms with E-state index in [2.05, 4.69) is 37.0 Å². The minimum atomic E-state index is -0.394. The first-order valence-corrected chi connectivity index (χ1v) is 9.21. The fraction of sp³-hybridized carbons (Fsp3) is 0.471. The van der Waals surface area contributed by atoms with Crippen LogP contribution in [0.25, 0.3) is 0 Å². The zero-order chi connectivity index (χ0) is 16.4. The van der Waals surface area contributed by atoms with Gasteiger partial charge in [-0.05, 0) is 41.7 Å². The van der Waals surface area contributed by atoms with E-state index in [1.807, 2.05) is 0 Å². The van der Waals surface area contributed by atoms with Crippen LogP contribution < -0.4 is 5.32 Å². The Morgan fingerprint density at radius 3 is 3.12 bits per heavy atom. The summed E-state index contributed by atoms with van der Waals surface area (Å²) in [5.74, 6) is 0.351. The van der Waals surface area contributed by atoms with Crippen LogP contribution in [0.5, 0.6) is 0 Å². The van der Waals surface area contributed by atoms with E-state index in [4.69, 9.17) is 4.74 Å². The molecular weight excluding hydrogens is 324 g/mol. The van der Waals surface area contributed by atoms with Crippen molar-refractivity contribution >= 4 is 23.1 Å². The van der Waals surface area contributed by atoms with Crippen molar-refractivity contribution in [3.8, 4) is 0 Å². The summed E-state index contributed by atoms with van der Waals surface area (Å²) in [4.78, 5) is 22.9. The lowest BCUT2D eigenvalue weighted by Crippen LogP contribution is -2.46. The average molecular weight is 344 g/mol. The molecule has 0 saturated carbocycles. The Labute approximate surface area is 144 Å². The van der Waals surface area contributed by atoms with Crippen molar-refractivity contribution in [1.82, 2.24) is 14.9 Å². The van der Waals surface area contributed by atoms with Crippen LogP contribution in [0.4, 0.5) is 5.82 Å². The predicted molar refractivity (Wildman–Crippen MR) is 91.7 cm³/mol. The second kappa shape index (κ2) is 6.96. The van der Waals surface area contributed by atoms with Crippen LogP contribution in [0, 0.1) is 0 Å². The number of carbonyl (C=O) groups excluding carboxylic acids is 1. The van der Waals surface area contributed by atoms with Crippen molar-refractivity contribution in [2.45, 2.75) is 44.1 Å². The number of nitrogens with one attached hydrogen (secondary N) is 1. The number of aromatic nitrogens is 2. The van der Waals surface area contributed by atoms with Crippen molar-refractivity contribution in [2.75, 3.05) is 11.9 Å². The van der Waals surface area contributed by atoms with Crippen LogP contribution >= 0.6 is 11.3 Å². The third-order valence-electron chi connectivity index (χ3n) is 4.74. The smallest absolute Gasteiger partial charge is 0.254 e. The highest BCUT2D eigenvalue weighted by molar-refractivity contribution is 7.07. The van der Waals surface area contributed by atoms with Crippen molar-refractivity contribution in [3.05, 3.63) is 41.0 Å². The number of ether oxygens (including phenoxy) is 1. The van der Waals surface area contributed by atoms with Gasteiger partial charge in [0.1, 0.15) is 6.10 Å². The first-order chi connectivity index (χ1) is 11.8. The highest BCUT2D eigenvalue weighted by atomic mass is 32.1. The molecule has 2 aliphatic rings. The van der Waals surface area contributed by atoms with E-state index in [0.717, 1.165) is 32.4 Å². The number of rotatable bonds is 4. The standard InChI is InChI=1S/C17H20N4O2S/c22-17(20-16-9-18-5-6-19-16)15-2-1-13-14(23-15)3-7-21(13)10-12-4-8-24-11-12/h4-6,8-9,11,13-15H,1-3,7,10H2,(H,19,20,22)/t13-,14-,15+/m1/s1. The summed E-state index contributed by atoms with van der Waals surface area (Å²) in [5.41, 5.74) is 1.36. The Kier molecular flexibility index (Phi) is 4.55. The molecule has 0 aliphatic carbocycles. The molecule has 0 radical (unpaired) electrons. The molecule has 1 amide bonds. The predicted octanol–water partition coefficient (Wildman–Crippen LogP) is 2.30. The second-order valence-electron chi connectivity index (χ2n) is 6.28. The molecular formula is C17H20N4O2S. The second-order valence-corrected chi connectivity index (χ2v) is 7.06. The quantitative estimate of drug-likeness (QED) is 0.922. The van der Waals surface area contributed by atoms with E-state index in [0.29, 0.717) is 11.9 Å². The maximum Gasteiger partial charge on any atom is 0.254 e. The number of amides is 1. The number of hydrogen-bond donors (Lipinski definition) is 1. The lowest BCUT2D eigenvalue weighted by molar-refractivity contribution is -0.138. The molecule has 6 nitrogen and oxygen atoms in total. The molecule has 2 saturated heterocycles. The van der Waals surface area contributed by atoms with Crippen molar-refractivity contribution in [1.29, 1.82) is 0 Å². The number of hydrogen-bond acceptors (Lipinski definition) is 6. The van der Waals surface area contributed by atoms with Gasteiger partial charge in [-0.25, -0.2) is 4.98 Å². The fourth-order valence-corrected chi connectivity index (χ4v) is 4.25. The molecule has 0 unspecified atom stereocenters. The zero-order valence-corrected chi connectivity index (χ0v) is 14.1. The SMILES string of the molecule is O=C(Nc1cnccn1)[C@@H]1CC[C@@H]2[C@@H](CCN2Cc2ccsc2)O1. The molecule has 2 aromatic heterocycles. The molecule has 0 spiro atoms. The third kappa shape index (κ3) is 3.33. The number of fused-ring (bicyclic) bond motifs is 1. The molecule has 1 N–H and O–H groups in total. The molecule has 0 aromatic carbocycles. The number of anilines is 1. The molecule has 24 heavy (non-hydrogen) atoms. The van der Waals surface area contributed by atoms with Gasteiger partial charge in [0, 0.05) is 31.5 Å². The van der Waals surface area contributed by atoms with Crippen LogP contribution in [0.1, 0.15) is 24.8 Å². The average Bonchev–Trinajstić information content (AvgIpc) is 3.26. The number of likely N-dealkylation sites (tertiary alicyclic amines) is 1. The fourth-order valence-electron chi connectivity index (χ4n) is 3.59. The molecule has 2 fully saturated rings. The van der Waals surface area contributed by atoms with Crippen LogP contribution in [-0.2, 0) is 16.1 Å². The van der Waals surface area contributed by atoms with E-state index in [9.17, 15) is 4.79 Å². The number of nitrogens with zero attached hydrogens (tertiary/aromatic N) is 3. The van der Waals surface area contributed by atoms with Crippen LogP contribution in [0.2, 0.25) is 0 Å². The van der Waals surface area contributed by atoms with E-state index < -0.39 is 6.10 Å². The van der Waals surface area contributed by atoms with Gasteiger partial charge >= 0.3 is 0 Å². The Hall–Kier alpha value is -1.83. The highest BCUT2D eigenvalue weighted by Gasteiger charge is 2.41. The first kappa shape index (κ1) is 15.7. The minimum Gasteiger partial charge on any atom is -0.363 e. The summed E-state index contributed by atoms with van der Waals surface area (Å²) in [6.45, 7) is 2.01. The molecule has 4 rings (SSSR count). The molecule has 2 aliphatic heterocycles. The van der Waals surface area contributed by atoms with Gasteiger partial charge in [-0.1, -0.05) is 0 Å².